The first kappa shape index (κ1) is 17.2. The van der Waals surface area contributed by atoms with Crippen LogP contribution in [0.4, 0.5) is 0 Å². The molecule has 1 N–H and O–H groups in total. The summed E-state index contributed by atoms with van der Waals surface area (Å²) in [5.74, 6) is 0.115. The number of hydrogen-bond acceptors (Lipinski definition) is 3. The minimum Gasteiger partial charge on any atom is -0.339 e. The molecule has 6 heteroatoms. The topological polar surface area (TPSA) is 45.2 Å². The molecule has 20 heavy (non-hydrogen) atoms. The predicted molar refractivity (Wildman–Crippen MR) is 83.8 cm³/mol. The van der Waals surface area contributed by atoms with Crippen LogP contribution in [0.2, 0.25) is 0 Å². The first-order valence-electron chi connectivity index (χ1n) is 6.67. The quantitative estimate of drug-likeness (QED) is 0.910. The van der Waals surface area contributed by atoms with Crippen LogP contribution in [0.3, 0.4) is 0 Å². The zero-order chi connectivity index (χ0) is 12.5. The SMILES string of the molecule is CN(C(=O)c1ccncc1)C1CC2CCC(C1)N2.Cl.Cl. The average molecular weight is 318 g/mol. The van der Waals surface area contributed by atoms with E-state index in [0.29, 0.717) is 18.1 Å². The molecule has 2 fully saturated rings. The predicted octanol–water partition coefficient (Wildman–Crippen LogP) is 2.28. The molecular formula is C14H21Cl2N3O. The van der Waals surface area contributed by atoms with Crippen molar-refractivity contribution >= 4 is 30.7 Å². The van der Waals surface area contributed by atoms with Gasteiger partial charge in [-0.3, -0.25) is 9.78 Å². The van der Waals surface area contributed by atoms with Crippen molar-refractivity contribution in [2.75, 3.05) is 7.05 Å². The maximum absolute atomic E-state index is 12.4. The highest BCUT2D eigenvalue weighted by Gasteiger charge is 2.36. The molecule has 1 aromatic heterocycles. The minimum atomic E-state index is 0. The second kappa shape index (κ2) is 7.25. The zero-order valence-corrected chi connectivity index (χ0v) is 13.1. The van der Waals surface area contributed by atoms with E-state index in [1.165, 1.54) is 12.8 Å². The van der Waals surface area contributed by atoms with Gasteiger partial charge < -0.3 is 10.2 Å². The summed E-state index contributed by atoms with van der Waals surface area (Å²) < 4.78 is 0. The number of amides is 1. The van der Waals surface area contributed by atoms with Crippen LogP contribution >= 0.6 is 24.8 Å². The Bertz CT molecular complexity index is 431. The van der Waals surface area contributed by atoms with Gasteiger partial charge in [0.2, 0.25) is 0 Å². The van der Waals surface area contributed by atoms with Crippen LogP contribution in [0.1, 0.15) is 36.0 Å². The molecule has 0 spiro atoms. The largest absolute Gasteiger partial charge is 0.339 e. The average Bonchev–Trinajstić information content (AvgIpc) is 2.77. The summed E-state index contributed by atoms with van der Waals surface area (Å²) in [5, 5.41) is 3.61. The molecule has 2 atom stereocenters. The molecule has 3 heterocycles. The standard InChI is InChI=1S/C14H19N3O.2ClH/c1-17(14(18)10-4-6-15-7-5-10)13-8-11-2-3-12(9-13)16-11;;/h4-7,11-13,16H,2-3,8-9H2,1H3;2*1H. The second-order valence-electron chi connectivity index (χ2n) is 5.42. The molecule has 1 amide bonds. The van der Waals surface area contributed by atoms with Crippen LogP contribution in [-0.4, -0.2) is 41.0 Å². The molecule has 3 rings (SSSR count). The maximum Gasteiger partial charge on any atom is 0.253 e. The highest BCUT2D eigenvalue weighted by Crippen LogP contribution is 2.29. The minimum absolute atomic E-state index is 0. The number of halogens is 2. The van der Waals surface area contributed by atoms with Crippen molar-refractivity contribution in [1.29, 1.82) is 0 Å². The normalized spacial score (nSPS) is 27.1. The Balaban J connectivity index is 0.000001000. The molecule has 0 saturated carbocycles. The van der Waals surface area contributed by atoms with E-state index < -0.39 is 0 Å². The Kier molecular flexibility index (Phi) is 6.24. The van der Waals surface area contributed by atoms with E-state index in [0.717, 1.165) is 18.4 Å². The van der Waals surface area contributed by atoms with E-state index >= 15 is 0 Å². The Morgan fingerprint density at radius 2 is 1.75 bits per heavy atom. The van der Waals surface area contributed by atoms with E-state index in [4.69, 9.17) is 0 Å². The van der Waals surface area contributed by atoms with Crippen molar-refractivity contribution in [2.24, 2.45) is 0 Å². The summed E-state index contributed by atoms with van der Waals surface area (Å²) in [4.78, 5) is 18.2. The van der Waals surface area contributed by atoms with Crippen molar-refractivity contribution in [1.82, 2.24) is 15.2 Å². The van der Waals surface area contributed by atoms with E-state index in [1.807, 2.05) is 11.9 Å². The summed E-state index contributed by atoms with van der Waals surface area (Å²) in [6.45, 7) is 0. The number of pyridine rings is 1. The van der Waals surface area contributed by atoms with Crippen molar-refractivity contribution in [3.05, 3.63) is 30.1 Å². The first-order valence-corrected chi connectivity index (χ1v) is 6.67. The van der Waals surface area contributed by atoms with Crippen LogP contribution in [0.25, 0.3) is 0 Å². The lowest BCUT2D eigenvalue weighted by Gasteiger charge is -2.35. The number of nitrogens with one attached hydrogen (secondary N) is 1. The molecule has 2 saturated heterocycles. The van der Waals surface area contributed by atoms with Gasteiger partial charge in [0.15, 0.2) is 0 Å². The molecule has 4 nitrogen and oxygen atoms in total. The Morgan fingerprint density at radius 1 is 1.20 bits per heavy atom. The monoisotopic (exact) mass is 317 g/mol. The summed E-state index contributed by atoms with van der Waals surface area (Å²) in [5.41, 5.74) is 0.735. The Morgan fingerprint density at radius 3 is 2.30 bits per heavy atom. The van der Waals surface area contributed by atoms with Crippen molar-refractivity contribution in [3.63, 3.8) is 0 Å². The molecule has 0 aromatic carbocycles. The third-order valence-corrected chi connectivity index (χ3v) is 4.24. The molecule has 0 aliphatic carbocycles. The van der Waals surface area contributed by atoms with Gasteiger partial charge in [-0.05, 0) is 37.8 Å². The third-order valence-electron chi connectivity index (χ3n) is 4.24. The van der Waals surface area contributed by atoms with E-state index in [1.54, 1.807) is 24.5 Å². The van der Waals surface area contributed by atoms with Crippen LogP contribution in [-0.2, 0) is 0 Å². The highest BCUT2D eigenvalue weighted by molar-refractivity contribution is 5.94. The van der Waals surface area contributed by atoms with Gasteiger partial charge in [0.25, 0.3) is 5.91 Å². The van der Waals surface area contributed by atoms with Gasteiger partial charge in [0.1, 0.15) is 0 Å². The third kappa shape index (κ3) is 3.43. The first-order chi connectivity index (χ1) is 8.74. The molecular weight excluding hydrogens is 297 g/mol. The molecule has 112 valence electrons. The Hall–Kier alpha value is -0.840. The summed E-state index contributed by atoms with van der Waals surface area (Å²) >= 11 is 0. The molecule has 0 radical (unpaired) electrons. The van der Waals surface area contributed by atoms with E-state index in [2.05, 4.69) is 10.3 Å². The van der Waals surface area contributed by atoms with Crippen LogP contribution in [0, 0.1) is 0 Å². The van der Waals surface area contributed by atoms with Crippen molar-refractivity contribution < 1.29 is 4.79 Å². The van der Waals surface area contributed by atoms with Crippen LogP contribution in [0.15, 0.2) is 24.5 Å². The van der Waals surface area contributed by atoms with Gasteiger partial charge in [0.05, 0.1) is 0 Å². The molecule has 2 unspecified atom stereocenters. The van der Waals surface area contributed by atoms with Crippen LogP contribution < -0.4 is 5.32 Å². The summed E-state index contributed by atoms with van der Waals surface area (Å²) in [6, 6.07) is 5.18. The lowest BCUT2D eigenvalue weighted by Crippen LogP contribution is -2.48. The maximum atomic E-state index is 12.4. The van der Waals surface area contributed by atoms with Gasteiger partial charge in [-0.2, -0.15) is 0 Å². The number of nitrogens with zero attached hydrogens (tertiary/aromatic N) is 2. The fourth-order valence-corrected chi connectivity index (χ4v) is 3.21. The summed E-state index contributed by atoms with van der Waals surface area (Å²) in [6.07, 6.45) is 8.05. The van der Waals surface area contributed by atoms with Crippen molar-refractivity contribution in [2.45, 2.75) is 43.8 Å². The van der Waals surface area contributed by atoms with Crippen LogP contribution in [0.5, 0.6) is 0 Å². The zero-order valence-electron chi connectivity index (χ0n) is 11.5. The van der Waals surface area contributed by atoms with Crippen molar-refractivity contribution in [3.8, 4) is 0 Å². The number of carbonyl (C=O) groups is 1. The lowest BCUT2D eigenvalue weighted by atomic mass is 9.98. The second-order valence-corrected chi connectivity index (χ2v) is 5.42. The fraction of sp³-hybridized carbons (Fsp3) is 0.571. The van der Waals surface area contributed by atoms with Gasteiger partial charge in [-0.1, -0.05) is 0 Å². The number of carbonyl (C=O) groups excluding carboxylic acids is 1. The summed E-state index contributed by atoms with van der Waals surface area (Å²) in [7, 11) is 1.93. The molecule has 1 aromatic rings. The number of rotatable bonds is 2. The molecule has 2 bridgehead atoms. The van der Waals surface area contributed by atoms with Gasteiger partial charge >= 0.3 is 0 Å². The van der Waals surface area contributed by atoms with Gasteiger partial charge in [0, 0.05) is 43.1 Å². The smallest absolute Gasteiger partial charge is 0.253 e. The number of aromatic nitrogens is 1. The Labute approximate surface area is 132 Å². The lowest BCUT2D eigenvalue weighted by molar-refractivity contribution is 0.0681. The van der Waals surface area contributed by atoms with Gasteiger partial charge in [-0.25, -0.2) is 0 Å². The molecule has 2 aliphatic heterocycles. The van der Waals surface area contributed by atoms with E-state index in [9.17, 15) is 4.79 Å². The number of piperidine rings is 1. The molecule has 2 aliphatic rings. The number of hydrogen-bond donors (Lipinski definition) is 1. The number of fused-ring (bicyclic) bond motifs is 2. The fourth-order valence-electron chi connectivity index (χ4n) is 3.21. The van der Waals surface area contributed by atoms with E-state index in [-0.39, 0.29) is 30.7 Å². The highest BCUT2D eigenvalue weighted by atomic mass is 35.5. The van der Waals surface area contributed by atoms with Gasteiger partial charge in [-0.15, -0.1) is 24.8 Å².